The molecule has 10 aromatic rings. The van der Waals surface area contributed by atoms with Crippen molar-refractivity contribution in [3.63, 3.8) is 0 Å². The predicted molar refractivity (Wildman–Crippen MR) is 323 cm³/mol. The van der Waals surface area contributed by atoms with Gasteiger partial charge < -0.3 is 15.8 Å². The van der Waals surface area contributed by atoms with Gasteiger partial charge in [0, 0.05) is 59.1 Å². The monoisotopic (exact) mass is 1150 g/mol. The number of rotatable bonds is 9. The fourth-order valence-corrected chi connectivity index (χ4v) is 11.1. The van der Waals surface area contributed by atoms with Crippen molar-refractivity contribution in [1.29, 1.82) is 21.6 Å². The number of pyridine rings is 4. The third-order valence-electron chi connectivity index (χ3n) is 15.0. The van der Waals surface area contributed by atoms with Gasteiger partial charge in [0.15, 0.2) is 0 Å². The zero-order valence-electron chi connectivity index (χ0n) is 46.1. The third kappa shape index (κ3) is 11.7. The summed E-state index contributed by atoms with van der Waals surface area (Å²) in [4.78, 5) is 22.7. The predicted octanol–water partition coefficient (Wildman–Crippen LogP) is 14.6. The van der Waals surface area contributed by atoms with Crippen molar-refractivity contribution >= 4 is 52.2 Å². The number of alkyl halides is 4. The van der Waals surface area contributed by atoms with Gasteiger partial charge in [-0.15, -0.1) is 12.4 Å². The first-order valence-electron chi connectivity index (χ1n) is 27.0. The van der Waals surface area contributed by atoms with E-state index in [2.05, 4.69) is 5.32 Å². The van der Waals surface area contributed by atoms with Gasteiger partial charge in [-0.3, -0.25) is 30.8 Å². The van der Waals surface area contributed by atoms with Crippen molar-refractivity contribution in [2.75, 3.05) is 0 Å². The van der Waals surface area contributed by atoms with Crippen LogP contribution < -0.4 is 22.0 Å². The third-order valence-corrected chi connectivity index (χ3v) is 15.0. The number of nitrogens with zero attached hydrogens (tertiary/aromatic N) is 4. The minimum Gasteiger partial charge on any atom is -0.444 e. The van der Waals surface area contributed by atoms with Gasteiger partial charge in [0.1, 0.15) is 28.2 Å². The van der Waals surface area contributed by atoms with Crippen molar-refractivity contribution < 1.29 is 27.1 Å². The van der Waals surface area contributed by atoms with Crippen LogP contribution in [0.1, 0.15) is 68.7 Å². The number of benzene rings is 6. The zero-order chi connectivity index (χ0) is 58.5. The molecule has 12 nitrogen and oxygen atoms in total. The molecule has 2 fully saturated rings. The maximum absolute atomic E-state index is 14.2. The van der Waals surface area contributed by atoms with Crippen LogP contribution in [-0.4, -0.2) is 54.3 Å². The average molecular weight is 1150 g/mol. The van der Waals surface area contributed by atoms with Crippen LogP contribution in [0.2, 0.25) is 0 Å². The number of hydrogen-bond donors (Lipinski definition) is 6. The highest BCUT2D eigenvalue weighted by atomic mass is 35.5. The Balaban J connectivity index is 0.000000187. The summed E-state index contributed by atoms with van der Waals surface area (Å²) < 4.78 is 64.1. The molecule has 424 valence electrons. The maximum atomic E-state index is 14.2. The number of halogens is 5. The molecule has 2 aliphatic rings. The lowest BCUT2D eigenvalue weighted by molar-refractivity contribution is -0.136. The van der Waals surface area contributed by atoms with Crippen LogP contribution in [-0.2, 0) is 15.8 Å². The van der Waals surface area contributed by atoms with Crippen LogP contribution in [0.3, 0.4) is 0 Å². The fraction of sp³-hybridized carbons (Fsp3) is 0.179. The highest BCUT2D eigenvalue weighted by molar-refractivity contribution is 6.05. The summed E-state index contributed by atoms with van der Waals surface area (Å²) in [6.07, 6.45) is -2.50. The Morgan fingerprint density at radius 1 is 0.524 bits per heavy atom. The molecular formula is C67H59ClF4N10O2. The first kappa shape index (κ1) is 57.8. The van der Waals surface area contributed by atoms with Crippen LogP contribution in [0.15, 0.2) is 206 Å². The molecule has 7 N–H and O–H groups in total. The first-order chi connectivity index (χ1) is 39.6. The molecule has 12 rings (SSSR count). The quantitative estimate of drug-likeness (QED) is 0.0474. The van der Waals surface area contributed by atoms with E-state index < -0.39 is 47.5 Å². The molecule has 0 saturated heterocycles. The summed E-state index contributed by atoms with van der Waals surface area (Å²) in [5, 5.41) is 37.8. The minimum atomic E-state index is -2.90. The van der Waals surface area contributed by atoms with E-state index in [1.807, 2.05) is 170 Å². The molecule has 2 saturated carbocycles. The molecule has 1 amide bonds. The number of nitrogens with one attached hydrogen (secondary N) is 5. The highest BCUT2D eigenvalue weighted by Crippen LogP contribution is 2.53. The van der Waals surface area contributed by atoms with Crippen molar-refractivity contribution in [3.05, 3.63) is 239 Å². The molecule has 0 unspecified atom stereocenters. The average Bonchev–Trinajstić information content (AvgIpc) is 2.49. The van der Waals surface area contributed by atoms with E-state index >= 15 is 0 Å². The summed E-state index contributed by atoms with van der Waals surface area (Å²) in [6, 6.07) is 63.3. The van der Waals surface area contributed by atoms with E-state index in [9.17, 15) is 22.4 Å². The lowest BCUT2D eigenvalue weighted by Gasteiger charge is -2.48. The Labute approximate surface area is 488 Å². The Bertz CT molecular complexity index is 4240. The van der Waals surface area contributed by atoms with Gasteiger partial charge in [-0.25, -0.2) is 32.3 Å². The number of fused-ring (bicyclic) bond motifs is 2. The van der Waals surface area contributed by atoms with Gasteiger partial charge in [0.25, 0.3) is 11.8 Å². The molecule has 0 aliphatic heterocycles. The molecular weight excluding hydrogens is 1090 g/mol. The summed E-state index contributed by atoms with van der Waals surface area (Å²) in [7, 11) is 0. The van der Waals surface area contributed by atoms with E-state index in [0.29, 0.717) is 50.0 Å². The number of ether oxygens (including phenoxy) is 1. The normalized spacial score (nSPS) is 15.2. The van der Waals surface area contributed by atoms with E-state index in [4.69, 9.17) is 42.1 Å². The Morgan fingerprint density at radius 2 is 0.893 bits per heavy atom. The summed E-state index contributed by atoms with van der Waals surface area (Å²) >= 11 is 0. The molecule has 84 heavy (non-hydrogen) atoms. The highest BCUT2D eigenvalue weighted by Gasteiger charge is 2.59. The SMILES string of the molecule is CC(C)(C)OC(=O)NC1(c2ccc(-c3nc4ccc(=N)n(C(=N)c5ccccc5)c4cc3-c3ccccc3)cc2)CC(F)(F)C1.Cl.N=C(c1ccccc1)n1c(=N)ccc2nc(-c3ccc(C4(N)CC(F)(F)C4)cc3)c(-c3ccccc3)cc21. The zero-order valence-corrected chi connectivity index (χ0v) is 46.9. The van der Waals surface area contributed by atoms with Gasteiger partial charge in [0.2, 0.25) is 0 Å². The summed E-state index contributed by atoms with van der Waals surface area (Å²) in [6.45, 7) is 5.17. The van der Waals surface area contributed by atoms with Crippen LogP contribution in [0.5, 0.6) is 0 Å². The van der Waals surface area contributed by atoms with E-state index in [0.717, 1.165) is 39.1 Å². The largest absolute Gasteiger partial charge is 0.444 e. The number of amides is 1. The van der Waals surface area contributed by atoms with Gasteiger partial charge in [-0.1, -0.05) is 170 Å². The molecule has 0 bridgehead atoms. The van der Waals surface area contributed by atoms with Crippen LogP contribution in [0.25, 0.3) is 66.8 Å². The number of alkyl carbamates (subject to hydrolysis) is 1. The van der Waals surface area contributed by atoms with Crippen LogP contribution in [0, 0.1) is 21.6 Å². The number of aromatic nitrogens is 4. The topological polar surface area (TPSA) is 195 Å². The van der Waals surface area contributed by atoms with Crippen LogP contribution >= 0.6 is 12.4 Å². The molecule has 6 aromatic carbocycles. The first-order valence-corrected chi connectivity index (χ1v) is 27.0. The second-order valence-corrected chi connectivity index (χ2v) is 22.3. The van der Waals surface area contributed by atoms with Crippen LogP contribution in [0.4, 0.5) is 22.4 Å². The molecule has 4 aromatic heterocycles. The van der Waals surface area contributed by atoms with Crippen molar-refractivity contribution in [2.24, 2.45) is 5.73 Å². The number of nitrogens with two attached hydrogens (primary N) is 1. The lowest BCUT2D eigenvalue weighted by atomic mass is 9.69. The molecule has 0 atom stereocenters. The van der Waals surface area contributed by atoms with Crippen molar-refractivity contribution in [2.45, 2.75) is 75.0 Å². The smallest absolute Gasteiger partial charge is 0.408 e. The second-order valence-electron chi connectivity index (χ2n) is 22.3. The second kappa shape index (κ2) is 22.4. The standard InChI is InChI=1S/C36H33F2N5O2.C31H25F2N5.ClH/c1-34(2,3)45-33(44)42-35(21-36(37,38)22-35)26-16-14-24(15-17-26)31-27(23-10-6-4-7-11-23)20-29-28(41-31)18-19-30(39)43(29)32(40)25-12-8-5-9-13-25;32-31(33)18-30(36,19-31)23-13-11-21(12-14-23)28-24(20-7-3-1-4-8-20)17-26-25(37-28)15-16-27(34)38(26)29(35)22-9-5-2-6-10-22;/h4-20,39-40H,21-22H2,1-3H3,(H,42,44);1-17,34-35H,18-19,36H2;1H. The molecule has 0 radical (unpaired) electrons. The molecule has 17 heteroatoms. The van der Waals surface area contributed by atoms with Gasteiger partial charge in [-0.2, -0.15) is 0 Å². The Hall–Kier alpha value is -9.38. The van der Waals surface area contributed by atoms with E-state index in [-0.39, 0.29) is 47.9 Å². The van der Waals surface area contributed by atoms with Gasteiger partial charge >= 0.3 is 6.09 Å². The van der Waals surface area contributed by atoms with Crippen molar-refractivity contribution in [1.82, 2.24) is 24.4 Å². The maximum Gasteiger partial charge on any atom is 0.408 e. The molecule has 0 spiro atoms. The molecule has 4 heterocycles. The Kier molecular flexibility index (Phi) is 15.4. The summed E-state index contributed by atoms with van der Waals surface area (Å²) in [5.74, 6) is -5.27. The number of hydrogen-bond acceptors (Lipinski definition) is 9. The lowest BCUT2D eigenvalue weighted by Crippen LogP contribution is -2.60. The van der Waals surface area contributed by atoms with E-state index in [1.165, 1.54) is 0 Å². The minimum absolute atomic E-state index is 0. The van der Waals surface area contributed by atoms with E-state index in [1.54, 1.807) is 66.3 Å². The summed E-state index contributed by atoms with van der Waals surface area (Å²) in [5.41, 5.74) is 15.0. The van der Waals surface area contributed by atoms with Gasteiger partial charge in [-0.05, 0) is 79.4 Å². The number of carbonyl (C=O) groups excluding carboxylic acids is 1. The molecule has 2 aliphatic carbocycles. The van der Waals surface area contributed by atoms with Crippen molar-refractivity contribution in [3.8, 4) is 44.8 Å². The number of carbonyl (C=O) groups is 1. The Morgan fingerprint density at radius 3 is 1.26 bits per heavy atom. The fourth-order valence-electron chi connectivity index (χ4n) is 11.1. The van der Waals surface area contributed by atoms with Gasteiger partial charge in [0.05, 0.1) is 44.5 Å².